The maximum atomic E-state index is 13.8. The molecule has 0 unspecified atom stereocenters. The van der Waals surface area contributed by atoms with Crippen molar-refractivity contribution in [1.82, 2.24) is 9.88 Å². The second kappa shape index (κ2) is 10.1. The quantitative estimate of drug-likeness (QED) is 0.435. The highest BCUT2D eigenvalue weighted by Gasteiger charge is 2.21. The van der Waals surface area contributed by atoms with Gasteiger partial charge in [0.1, 0.15) is 0 Å². The minimum atomic E-state index is -0.486. The number of aromatic nitrogens is 1. The fraction of sp³-hybridized carbons (Fsp3) is 0.333. The van der Waals surface area contributed by atoms with E-state index in [4.69, 9.17) is 4.74 Å². The Morgan fingerprint density at radius 2 is 1.93 bits per heavy atom. The third kappa shape index (κ3) is 5.52. The van der Waals surface area contributed by atoms with E-state index in [2.05, 4.69) is 39.7 Å². The van der Waals surface area contributed by atoms with Gasteiger partial charge in [0, 0.05) is 17.6 Å². The zero-order valence-corrected chi connectivity index (χ0v) is 18.8. The maximum Gasteiger partial charge on any atom is 0.266 e. The van der Waals surface area contributed by atoms with Crippen LogP contribution in [0.5, 0.6) is 5.75 Å². The molecule has 3 aromatic rings. The molecule has 3 rings (SSSR count). The summed E-state index contributed by atoms with van der Waals surface area (Å²) < 4.78 is 21.2. The first-order valence-electron chi connectivity index (χ1n) is 9.48. The highest BCUT2D eigenvalue weighted by Crippen LogP contribution is 2.31. The van der Waals surface area contributed by atoms with Crippen molar-refractivity contribution in [3.63, 3.8) is 0 Å². The number of carbonyl (C=O) groups is 1. The summed E-state index contributed by atoms with van der Waals surface area (Å²) in [6, 6.07) is 11.9. The first kappa shape index (κ1) is 21.7. The second-order valence-corrected chi connectivity index (χ2v) is 8.32. The van der Waals surface area contributed by atoms with E-state index < -0.39 is 5.82 Å². The molecule has 1 aromatic heterocycles. The van der Waals surface area contributed by atoms with E-state index in [1.54, 1.807) is 17.0 Å². The van der Waals surface area contributed by atoms with E-state index in [9.17, 15) is 9.18 Å². The number of para-hydroxylation sites is 1. The summed E-state index contributed by atoms with van der Waals surface area (Å²) >= 11 is 4.93. The van der Waals surface area contributed by atoms with Crippen LogP contribution in [0.1, 0.15) is 13.8 Å². The van der Waals surface area contributed by atoms with Gasteiger partial charge in [0.2, 0.25) is 0 Å². The lowest BCUT2D eigenvalue weighted by Crippen LogP contribution is -2.41. The molecular formula is C21H23BrFN3O2S. The molecule has 1 amide bonds. The minimum absolute atomic E-state index is 0.0674. The molecule has 1 heterocycles. The molecule has 0 radical (unpaired) electrons. The fourth-order valence-corrected chi connectivity index (χ4v) is 4.45. The number of benzene rings is 2. The molecule has 8 heteroatoms. The summed E-state index contributed by atoms with van der Waals surface area (Å²) in [5.41, 5.74) is 0.837. The van der Waals surface area contributed by atoms with Crippen molar-refractivity contribution in [3.8, 4) is 5.75 Å². The van der Waals surface area contributed by atoms with E-state index in [1.165, 1.54) is 23.5 Å². The number of fused-ring (bicyclic) bond motifs is 1. The number of amides is 1. The lowest BCUT2D eigenvalue weighted by atomic mass is 10.3. The van der Waals surface area contributed by atoms with Gasteiger partial charge in [0.25, 0.3) is 5.91 Å². The van der Waals surface area contributed by atoms with E-state index in [1.807, 2.05) is 18.2 Å². The van der Waals surface area contributed by atoms with Crippen molar-refractivity contribution in [2.75, 3.05) is 37.7 Å². The Morgan fingerprint density at radius 3 is 2.66 bits per heavy atom. The number of likely N-dealkylation sites (N-methyl/N-ethyl adjacent to an activating group) is 1. The number of nitrogens with zero attached hydrogens (tertiary/aromatic N) is 3. The number of ether oxygens (including phenoxy) is 1. The predicted molar refractivity (Wildman–Crippen MR) is 119 cm³/mol. The topological polar surface area (TPSA) is 45.7 Å². The Morgan fingerprint density at radius 1 is 1.17 bits per heavy atom. The third-order valence-corrected chi connectivity index (χ3v) is 6.13. The number of hydrogen-bond acceptors (Lipinski definition) is 5. The van der Waals surface area contributed by atoms with Crippen molar-refractivity contribution in [3.05, 3.63) is 52.8 Å². The van der Waals surface area contributed by atoms with Crippen LogP contribution in [-0.4, -0.2) is 48.6 Å². The fourth-order valence-electron chi connectivity index (χ4n) is 2.89. The lowest BCUT2D eigenvalue weighted by Gasteiger charge is -2.24. The molecule has 154 valence electrons. The Balaban J connectivity index is 1.80. The molecule has 2 aromatic carbocycles. The lowest BCUT2D eigenvalue weighted by molar-refractivity contribution is -0.120. The summed E-state index contributed by atoms with van der Waals surface area (Å²) in [6.45, 7) is 6.94. The zero-order valence-electron chi connectivity index (χ0n) is 16.4. The largest absolute Gasteiger partial charge is 0.481 e. The minimum Gasteiger partial charge on any atom is -0.481 e. The van der Waals surface area contributed by atoms with Crippen LogP contribution in [0.2, 0.25) is 0 Å². The van der Waals surface area contributed by atoms with Crippen LogP contribution in [0.3, 0.4) is 0 Å². The predicted octanol–water partition coefficient (Wildman–Crippen LogP) is 4.95. The van der Waals surface area contributed by atoms with E-state index in [0.29, 0.717) is 11.7 Å². The molecule has 0 fully saturated rings. The normalized spacial score (nSPS) is 11.2. The summed E-state index contributed by atoms with van der Waals surface area (Å²) in [5, 5.41) is 0.618. The van der Waals surface area contributed by atoms with Gasteiger partial charge in [-0.15, -0.1) is 0 Å². The van der Waals surface area contributed by atoms with Gasteiger partial charge in [-0.3, -0.25) is 9.69 Å². The van der Waals surface area contributed by atoms with Gasteiger partial charge in [-0.25, -0.2) is 9.37 Å². The monoisotopic (exact) mass is 479 g/mol. The number of anilines is 1. The van der Waals surface area contributed by atoms with Crippen LogP contribution in [0.25, 0.3) is 10.2 Å². The summed E-state index contributed by atoms with van der Waals surface area (Å²) in [6.07, 6.45) is 0. The van der Waals surface area contributed by atoms with Gasteiger partial charge in [0.15, 0.2) is 23.3 Å². The first-order valence-corrected chi connectivity index (χ1v) is 11.1. The van der Waals surface area contributed by atoms with Gasteiger partial charge < -0.3 is 9.64 Å². The molecule has 0 aliphatic rings. The first-order chi connectivity index (χ1) is 14.0. The van der Waals surface area contributed by atoms with Crippen LogP contribution >= 0.6 is 27.3 Å². The van der Waals surface area contributed by atoms with Crippen molar-refractivity contribution in [1.29, 1.82) is 0 Å². The molecule has 29 heavy (non-hydrogen) atoms. The van der Waals surface area contributed by atoms with Gasteiger partial charge in [-0.05, 0) is 43.4 Å². The second-order valence-electron chi connectivity index (χ2n) is 6.40. The smallest absolute Gasteiger partial charge is 0.266 e. The number of carbonyl (C=O) groups excluding carboxylic acids is 1. The van der Waals surface area contributed by atoms with Crippen LogP contribution in [0.15, 0.2) is 46.9 Å². The van der Waals surface area contributed by atoms with Gasteiger partial charge in [0.05, 0.1) is 10.2 Å². The Bertz CT molecular complexity index is 977. The molecule has 0 spiro atoms. The average molecular weight is 480 g/mol. The molecule has 0 aliphatic heterocycles. The summed E-state index contributed by atoms with van der Waals surface area (Å²) in [5.74, 6) is -0.670. The van der Waals surface area contributed by atoms with Gasteiger partial charge in [-0.1, -0.05) is 53.2 Å². The molecular weight excluding hydrogens is 457 g/mol. The zero-order chi connectivity index (χ0) is 20.8. The molecule has 0 atom stereocenters. The molecule has 0 N–H and O–H groups in total. The molecule has 5 nitrogen and oxygen atoms in total. The molecule has 0 bridgehead atoms. The van der Waals surface area contributed by atoms with Crippen LogP contribution in [0, 0.1) is 5.82 Å². The number of halogens is 2. The molecule has 0 saturated carbocycles. The standard InChI is InChI=1S/C21H23BrFN3O2S/c1-3-25(4-2)11-12-26(20(27)14-28-18-8-6-5-7-16(18)23)21-24-17-10-9-15(22)13-19(17)29-21/h5-10,13H,3-4,11-12,14H2,1-2H3. The van der Waals surface area contributed by atoms with Crippen molar-refractivity contribution < 1.29 is 13.9 Å². The highest BCUT2D eigenvalue weighted by atomic mass is 79.9. The number of thiazole rings is 1. The van der Waals surface area contributed by atoms with Crippen LogP contribution < -0.4 is 9.64 Å². The highest BCUT2D eigenvalue weighted by molar-refractivity contribution is 9.10. The Kier molecular flexibility index (Phi) is 7.57. The SMILES string of the molecule is CCN(CC)CCN(C(=O)COc1ccccc1F)c1nc2ccc(Br)cc2s1. The average Bonchev–Trinajstić information content (AvgIpc) is 3.13. The molecule has 0 aliphatic carbocycles. The van der Waals surface area contributed by atoms with E-state index >= 15 is 0 Å². The third-order valence-electron chi connectivity index (χ3n) is 4.59. The Labute approximate surface area is 182 Å². The van der Waals surface area contributed by atoms with Crippen LogP contribution in [-0.2, 0) is 4.79 Å². The van der Waals surface area contributed by atoms with Crippen molar-refractivity contribution in [2.24, 2.45) is 0 Å². The van der Waals surface area contributed by atoms with E-state index in [-0.39, 0.29) is 18.3 Å². The Hall–Kier alpha value is -2.03. The summed E-state index contributed by atoms with van der Waals surface area (Å²) in [7, 11) is 0. The molecule has 0 saturated heterocycles. The van der Waals surface area contributed by atoms with Gasteiger partial charge in [-0.2, -0.15) is 0 Å². The summed E-state index contributed by atoms with van der Waals surface area (Å²) in [4.78, 5) is 21.5. The van der Waals surface area contributed by atoms with Gasteiger partial charge >= 0.3 is 0 Å². The van der Waals surface area contributed by atoms with E-state index in [0.717, 1.165) is 34.3 Å². The van der Waals surface area contributed by atoms with Crippen molar-refractivity contribution >= 4 is 48.5 Å². The van der Waals surface area contributed by atoms with Crippen molar-refractivity contribution in [2.45, 2.75) is 13.8 Å². The number of rotatable bonds is 9. The number of hydrogen-bond donors (Lipinski definition) is 0. The van der Waals surface area contributed by atoms with Crippen LogP contribution in [0.4, 0.5) is 9.52 Å². The maximum absolute atomic E-state index is 13.8.